The zero-order valence-electron chi connectivity index (χ0n) is 16.2. The number of halogens is 1. The van der Waals surface area contributed by atoms with Gasteiger partial charge in [0.2, 0.25) is 5.91 Å². The van der Waals surface area contributed by atoms with Crippen molar-refractivity contribution in [2.75, 3.05) is 32.7 Å². The molecule has 0 saturated carbocycles. The van der Waals surface area contributed by atoms with Gasteiger partial charge in [-0.3, -0.25) is 19.7 Å². The van der Waals surface area contributed by atoms with Gasteiger partial charge in [-0.25, -0.2) is 0 Å². The number of hydrogen-bond acceptors (Lipinski definition) is 4. The number of benzene rings is 1. The number of nitrogens with zero attached hydrogens (tertiary/aromatic N) is 4. The van der Waals surface area contributed by atoms with Crippen molar-refractivity contribution >= 4 is 17.5 Å². The van der Waals surface area contributed by atoms with Crippen LogP contribution in [0.3, 0.4) is 0 Å². The summed E-state index contributed by atoms with van der Waals surface area (Å²) < 4.78 is 0. The van der Waals surface area contributed by atoms with Gasteiger partial charge >= 0.3 is 0 Å². The summed E-state index contributed by atoms with van der Waals surface area (Å²) in [4.78, 5) is 26.3. The Kier molecular flexibility index (Phi) is 6.23. The predicted molar refractivity (Wildman–Crippen MR) is 111 cm³/mol. The summed E-state index contributed by atoms with van der Waals surface area (Å²) >= 11 is 6.19. The summed E-state index contributed by atoms with van der Waals surface area (Å²) in [6, 6.07) is 7.78. The first-order valence-corrected chi connectivity index (χ1v) is 10.7. The molecule has 4 rings (SSSR count). The standard InChI is InChI=1S/C22H27ClN4O/c23-19-8-4-6-17(14-19)21-22(25-10-9-24-21)18-7-5-11-26(15-18)16-20(28)27-12-2-1-3-13-27/h4,6,8-10,14,18H,1-3,5,7,11-13,15-16H2. The summed E-state index contributed by atoms with van der Waals surface area (Å²) in [5, 5.41) is 0.700. The lowest BCUT2D eigenvalue weighted by atomic mass is 9.91. The Morgan fingerprint density at radius 2 is 1.89 bits per heavy atom. The summed E-state index contributed by atoms with van der Waals surface area (Å²) in [6.07, 6.45) is 9.16. The lowest BCUT2D eigenvalue weighted by Gasteiger charge is -2.35. The van der Waals surface area contributed by atoms with Crippen LogP contribution in [0.5, 0.6) is 0 Å². The van der Waals surface area contributed by atoms with Gasteiger partial charge in [-0.2, -0.15) is 0 Å². The Morgan fingerprint density at radius 3 is 2.71 bits per heavy atom. The third kappa shape index (κ3) is 4.53. The zero-order valence-corrected chi connectivity index (χ0v) is 16.9. The Bertz CT molecular complexity index is 822. The van der Waals surface area contributed by atoms with E-state index in [0.29, 0.717) is 11.6 Å². The van der Waals surface area contributed by atoms with Crippen molar-refractivity contribution in [3.63, 3.8) is 0 Å². The Labute approximate surface area is 171 Å². The highest BCUT2D eigenvalue weighted by atomic mass is 35.5. The second kappa shape index (κ2) is 9.01. The molecule has 2 saturated heterocycles. The third-order valence-corrected chi connectivity index (χ3v) is 6.02. The maximum Gasteiger partial charge on any atom is 0.236 e. The number of piperidine rings is 2. The highest BCUT2D eigenvalue weighted by molar-refractivity contribution is 6.30. The van der Waals surface area contributed by atoms with E-state index in [4.69, 9.17) is 11.6 Å². The zero-order chi connectivity index (χ0) is 19.3. The normalized spacial score (nSPS) is 20.9. The molecule has 0 bridgehead atoms. The van der Waals surface area contributed by atoms with Crippen LogP contribution in [0.1, 0.15) is 43.7 Å². The van der Waals surface area contributed by atoms with E-state index in [2.05, 4.69) is 14.9 Å². The highest BCUT2D eigenvalue weighted by Crippen LogP contribution is 2.32. The molecule has 0 spiro atoms. The average molecular weight is 399 g/mol. The van der Waals surface area contributed by atoms with E-state index in [-0.39, 0.29) is 11.8 Å². The highest BCUT2D eigenvalue weighted by Gasteiger charge is 2.28. The quantitative estimate of drug-likeness (QED) is 0.781. The third-order valence-electron chi connectivity index (χ3n) is 5.78. The topological polar surface area (TPSA) is 49.3 Å². The molecule has 28 heavy (non-hydrogen) atoms. The van der Waals surface area contributed by atoms with E-state index in [1.165, 1.54) is 6.42 Å². The fraction of sp³-hybridized carbons (Fsp3) is 0.500. The average Bonchev–Trinajstić information content (AvgIpc) is 2.74. The first kappa shape index (κ1) is 19.3. The van der Waals surface area contributed by atoms with E-state index in [1.54, 1.807) is 12.4 Å². The van der Waals surface area contributed by atoms with Crippen LogP contribution in [0.4, 0.5) is 0 Å². The van der Waals surface area contributed by atoms with E-state index < -0.39 is 0 Å². The fourth-order valence-electron chi connectivity index (χ4n) is 4.36. The van der Waals surface area contributed by atoms with E-state index in [0.717, 1.165) is 68.8 Å². The first-order chi connectivity index (χ1) is 13.7. The minimum Gasteiger partial charge on any atom is -0.342 e. The number of aromatic nitrogens is 2. The first-order valence-electron chi connectivity index (χ1n) is 10.3. The molecule has 2 aromatic rings. The van der Waals surface area contributed by atoms with Gasteiger partial charge in [-0.15, -0.1) is 0 Å². The molecule has 3 heterocycles. The fourth-order valence-corrected chi connectivity index (χ4v) is 4.55. The number of rotatable bonds is 4. The molecule has 148 valence electrons. The molecule has 0 N–H and O–H groups in total. The molecule has 1 atom stereocenters. The van der Waals surface area contributed by atoms with Crippen LogP contribution < -0.4 is 0 Å². The van der Waals surface area contributed by atoms with Crippen LogP contribution in [-0.4, -0.2) is 58.4 Å². The molecule has 1 unspecified atom stereocenters. The monoisotopic (exact) mass is 398 g/mol. The predicted octanol–water partition coefficient (Wildman–Crippen LogP) is 3.99. The van der Waals surface area contributed by atoms with Crippen LogP contribution in [-0.2, 0) is 4.79 Å². The van der Waals surface area contributed by atoms with Gasteiger partial charge in [0, 0.05) is 48.5 Å². The molecule has 2 aliphatic rings. The molecule has 1 amide bonds. The van der Waals surface area contributed by atoms with Gasteiger partial charge in [-0.1, -0.05) is 23.7 Å². The minimum atomic E-state index is 0.273. The lowest BCUT2D eigenvalue weighted by molar-refractivity contribution is -0.133. The summed E-state index contributed by atoms with van der Waals surface area (Å²) in [5.74, 6) is 0.556. The van der Waals surface area contributed by atoms with Crippen molar-refractivity contribution in [1.29, 1.82) is 0 Å². The van der Waals surface area contributed by atoms with Crippen LogP contribution in [0.2, 0.25) is 5.02 Å². The molecular weight excluding hydrogens is 372 g/mol. The minimum absolute atomic E-state index is 0.273. The van der Waals surface area contributed by atoms with E-state index in [1.807, 2.05) is 29.2 Å². The van der Waals surface area contributed by atoms with Gasteiger partial charge in [0.05, 0.1) is 17.9 Å². The van der Waals surface area contributed by atoms with Crippen molar-refractivity contribution in [1.82, 2.24) is 19.8 Å². The number of likely N-dealkylation sites (tertiary alicyclic amines) is 2. The Morgan fingerprint density at radius 1 is 1.07 bits per heavy atom. The van der Waals surface area contributed by atoms with E-state index in [9.17, 15) is 4.79 Å². The molecule has 6 heteroatoms. The maximum atomic E-state index is 12.7. The second-order valence-electron chi connectivity index (χ2n) is 7.82. The lowest BCUT2D eigenvalue weighted by Crippen LogP contribution is -2.45. The van der Waals surface area contributed by atoms with Crippen LogP contribution in [0, 0.1) is 0 Å². The van der Waals surface area contributed by atoms with Crippen molar-refractivity contribution in [3.8, 4) is 11.3 Å². The molecule has 5 nitrogen and oxygen atoms in total. The Hall–Kier alpha value is -1.98. The van der Waals surface area contributed by atoms with Crippen molar-refractivity contribution < 1.29 is 4.79 Å². The van der Waals surface area contributed by atoms with Gasteiger partial charge in [-0.05, 0) is 50.8 Å². The maximum absolute atomic E-state index is 12.7. The van der Waals surface area contributed by atoms with Crippen molar-refractivity contribution in [3.05, 3.63) is 47.4 Å². The molecule has 2 aliphatic heterocycles. The molecule has 1 aromatic carbocycles. The number of hydrogen-bond donors (Lipinski definition) is 0. The number of carbonyl (C=O) groups is 1. The second-order valence-corrected chi connectivity index (χ2v) is 8.25. The van der Waals surface area contributed by atoms with Crippen LogP contribution >= 0.6 is 11.6 Å². The molecule has 2 fully saturated rings. The summed E-state index contributed by atoms with van der Waals surface area (Å²) in [7, 11) is 0. The van der Waals surface area contributed by atoms with Crippen LogP contribution in [0.15, 0.2) is 36.7 Å². The number of carbonyl (C=O) groups excluding carboxylic acids is 1. The van der Waals surface area contributed by atoms with Gasteiger partial charge in [0.15, 0.2) is 0 Å². The van der Waals surface area contributed by atoms with Gasteiger partial charge in [0.25, 0.3) is 0 Å². The summed E-state index contributed by atoms with van der Waals surface area (Å²) in [5.41, 5.74) is 2.91. The SMILES string of the molecule is O=C(CN1CCCC(c2nccnc2-c2cccc(Cl)c2)C1)N1CCCCC1. The van der Waals surface area contributed by atoms with Gasteiger partial charge in [0.1, 0.15) is 0 Å². The molecular formula is C22H27ClN4O. The van der Waals surface area contributed by atoms with Crippen LogP contribution in [0.25, 0.3) is 11.3 Å². The summed E-state index contributed by atoms with van der Waals surface area (Å²) in [6.45, 7) is 4.18. The van der Waals surface area contributed by atoms with Gasteiger partial charge < -0.3 is 4.90 Å². The van der Waals surface area contributed by atoms with E-state index >= 15 is 0 Å². The molecule has 1 aromatic heterocycles. The number of amides is 1. The Balaban J connectivity index is 1.48. The van der Waals surface area contributed by atoms with Crippen molar-refractivity contribution in [2.45, 2.75) is 38.0 Å². The molecule has 0 aliphatic carbocycles. The van der Waals surface area contributed by atoms with Crippen molar-refractivity contribution in [2.24, 2.45) is 0 Å². The molecule has 0 radical (unpaired) electrons. The largest absolute Gasteiger partial charge is 0.342 e. The smallest absolute Gasteiger partial charge is 0.236 e.